The standard InChI is InChI=1S/C11H11NO5/c1-6(13)4-9(14)7-2-3-8(10(15)5-7)11(16)17-12/h2-3,5,15H,4,12H2,1H3. The zero-order valence-electron chi connectivity index (χ0n) is 9.10. The first-order valence-corrected chi connectivity index (χ1v) is 4.72. The molecule has 1 aromatic rings. The number of carbonyl (C=O) groups is 3. The van der Waals surface area contributed by atoms with Crippen molar-refractivity contribution in [2.45, 2.75) is 13.3 Å². The number of nitrogens with two attached hydrogens (primary N) is 1. The number of rotatable bonds is 4. The monoisotopic (exact) mass is 237 g/mol. The Morgan fingerprint density at radius 2 is 2.00 bits per heavy atom. The molecule has 0 bridgehead atoms. The Labute approximate surface area is 96.9 Å². The zero-order valence-corrected chi connectivity index (χ0v) is 9.10. The van der Waals surface area contributed by atoms with Crippen LogP contribution in [-0.2, 0) is 9.63 Å². The minimum atomic E-state index is -0.909. The average Bonchev–Trinajstić information content (AvgIpc) is 2.27. The van der Waals surface area contributed by atoms with Crippen molar-refractivity contribution in [1.29, 1.82) is 0 Å². The summed E-state index contributed by atoms with van der Waals surface area (Å²) in [5.74, 6) is 2.63. The third kappa shape index (κ3) is 3.12. The lowest BCUT2D eigenvalue weighted by molar-refractivity contribution is -0.116. The van der Waals surface area contributed by atoms with Crippen molar-refractivity contribution in [2.75, 3.05) is 0 Å². The van der Waals surface area contributed by atoms with Crippen LogP contribution in [0.1, 0.15) is 34.1 Å². The highest BCUT2D eigenvalue weighted by Gasteiger charge is 2.15. The van der Waals surface area contributed by atoms with Crippen molar-refractivity contribution >= 4 is 17.5 Å². The molecular formula is C11H11NO5. The van der Waals surface area contributed by atoms with Crippen LogP contribution in [0.25, 0.3) is 0 Å². The van der Waals surface area contributed by atoms with Crippen molar-refractivity contribution in [3.8, 4) is 5.75 Å². The van der Waals surface area contributed by atoms with Gasteiger partial charge in [0.25, 0.3) is 0 Å². The van der Waals surface area contributed by atoms with E-state index in [1.54, 1.807) is 0 Å². The van der Waals surface area contributed by atoms with Gasteiger partial charge in [0.15, 0.2) is 5.78 Å². The van der Waals surface area contributed by atoms with Gasteiger partial charge in [-0.15, -0.1) is 0 Å². The zero-order chi connectivity index (χ0) is 13.0. The quantitative estimate of drug-likeness (QED) is 0.450. The van der Waals surface area contributed by atoms with Crippen molar-refractivity contribution < 1.29 is 24.3 Å². The van der Waals surface area contributed by atoms with Crippen LogP contribution in [0.5, 0.6) is 5.75 Å². The predicted octanol–water partition coefficient (Wildman–Crippen LogP) is 0.585. The fraction of sp³-hybridized carbons (Fsp3) is 0.182. The van der Waals surface area contributed by atoms with E-state index >= 15 is 0 Å². The molecule has 0 heterocycles. The molecule has 3 N–H and O–H groups in total. The van der Waals surface area contributed by atoms with E-state index in [9.17, 15) is 19.5 Å². The summed E-state index contributed by atoms with van der Waals surface area (Å²) in [6.07, 6.45) is -0.250. The van der Waals surface area contributed by atoms with E-state index in [0.29, 0.717) is 0 Å². The molecule has 0 aliphatic carbocycles. The molecule has 90 valence electrons. The van der Waals surface area contributed by atoms with Crippen LogP contribution in [-0.4, -0.2) is 22.6 Å². The predicted molar refractivity (Wildman–Crippen MR) is 57.3 cm³/mol. The van der Waals surface area contributed by atoms with E-state index < -0.39 is 17.5 Å². The summed E-state index contributed by atoms with van der Waals surface area (Å²) in [6, 6.07) is 3.62. The Morgan fingerprint density at radius 3 is 2.47 bits per heavy atom. The summed E-state index contributed by atoms with van der Waals surface area (Å²) in [5.41, 5.74) is -0.00172. The molecule has 0 spiro atoms. The fourth-order valence-corrected chi connectivity index (χ4v) is 1.27. The highest BCUT2D eigenvalue weighted by molar-refractivity contribution is 6.08. The van der Waals surface area contributed by atoms with Gasteiger partial charge < -0.3 is 9.94 Å². The number of aromatic hydroxyl groups is 1. The van der Waals surface area contributed by atoms with Gasteiger partial charge in [-0.1, -0.05) is 6.07 Å². The van der Waals surface area contributed by atoms with E-state index in [-0.39, 0.29) is 23.3 Å². The molecule has 17 heavy (non-hydrogen) atoms. The Morgan fingerprint density at radius 1 is 1.35 bits per heavy atom. The minimum Gasteiger partial charge on any atom is -0.507 e. The van der Waals surface area contributed by atoms with Crippen LogP contribution in [0.4, 0.5) is 0 Å². The lowest BCUT2D eigenvalue weighted by Gasteiger charge is -2.04. The second-order valence-electron chi connectivity index (χ2n) is 3.44. The van der Waals surface area contributed by atoms with E-state index in [4.69, 9.17) is 0 Å². The van der Waals surface area contributed by atoms with Crippen molar-refractivity contribution in [1.82, 2.24) is 0 Å². The highest BCUT2D eigenvalue weighted by Crippen LogP contribution is 2.20. The van der Waals surface area contributed by atoms with Gasteiger partial charge in [0.2, 0.25) is 0 Å². The summed E-state index contributed by atoms with van der Waals surface area (Å²) >= 11 is 0. The molecule has 0 saturated heterocycles. The van der Waals surface area contributed by atoms with Crippen molar-refractivity contribution in [3.63, 3.8) is 0 Å². The summed E-state index contributed by atoms with van der Waals surface area (Å²) in [4.78, 5) is 37.2. The van der Waals surface area contributed by atoms with Crippen LogP contribution < -0.4 is 5.90 Å². The number of benzene rings is 1. The maximum Gasteiger partial charge on any atom is 0.360 e. The first-order valence-electron chi connectivity index (χ1n) is 4.72. The van der Waals surface area contributed by atoms with Crippen molar-refractivity contribution in [2.24, 2.45) is 5.90 Å². The van der Waals surface area contributed by atoms with Gasteiger partial charge in [-0.2, -0.15) is 5.90 Å². The molecule has 0 fully saturated rings. The summed E-state index contributed by atoms with van der Waals surface area (Å²) in [5, 5.41) is 9.48. The van der Waals surface area contributed by atoms with Gasteiger partial charge in [0.1, 0.15) is 17.1 Å². The van der Waals surface area contributed by atoms with Crippen LogP contribution >= 0.6 is 0 Å². The van der Waals surface area contributed by atoms with Gasteiger partial charge in [-0.25, -0.2) is 4.79 Å². The van der Waals surface area contributed by atoms with E-state index in [0.717, 1.165) is 6.07 Å². The average molecular weight is 237 g/mol. The molecule has 0 amide bonds. The molecule has 0 aliphatic rings. The lowest BCUT2D eigenvalue weighted by Crippen LogP contribution is -2.11. The Kier molecular flexibility index (Phi) is 3.95. The summed E-state index contributed by atoms with van der Waals surface area (Å²) in [6.45, 7) is 1.29. The number of phenolic OH excluding ortho intramolecular Hbond substituents is 1. The molecule has 6 nitrogen and oxygen atoms in total. The van der Waals surface area contributed by atoms with Crippen LogP contribution in [0.2, 0.25) is 0 Å². The summed E-state index contributed by atoms with van der Waals surface area (Å²) in [7, 11) is 0. The first-order chi connectivity index (χ1) is 7.95. The Balaban J connectivity index is 3.00. The van der Waals surface area contributed by atoms with Gasteiger partial charge in [-0.05, 0) is 19.1 Å². The maximum absolute atomic E-state index is 11.5. The molecule has 0 aromatic heterocycles. The second kappa shape index (κ2) is 5.22. The molecule has 0 saturated carbocycles. The van der Waals surface area contributed by atoms with Crippen molar-refractivity contribution in [3.05, 3.63) is 29.3 Å². The SMILES string of the molecule is CC(=O)CC(=O)c1ccc(C(=O)ON)c(O)c1. The maximum atomic E-state index is 11.5. The second-order valence-corrected chi connectivity index (χ2v) is 3.44. The minimum absolute atomic E-state index is 0.145. The van der Waals surface area contributed by atoms with Crippen LogP contribution in [0.15, 0.2) is 18.2 Å². The molecule has 0 aliphatic heterocycles. The molecule has 1 rings (SSSR count). The molecule has 0 unspecified atom stereocenters. The molecular weight excluding hydrogens is 226 g/mol. The van der Waals surface area contributed by atoms with Crippen LogP contribution in [0.3, 0.4) is 0 Å². The number of hydrogen-bond donors (Lipinski definition) is 2. The van der Waals surface area contributed by atoms with E-state index in [1.165, 1.54) is 19.1 Å². The molecule has 0 atom stereocenters. The van der Waals surface area contributed by atoms with E-state index in [2.05, 4.69) is 10.7 Å². The fourth-order valence-electron chi connectivity index (χ4n) is 1.27. The number of carbonyl (C=O) groups excluding carboxylic acids is 3. The first kappa shape index (κ1) is 12.9. The third-order valence-electron chi connectivity index (χ3n) is 2.06. The number of phenols is 1. The largest absolute Gasteiger partial charge is 0.507 e. The molecule has 1 aromatic carbocycles. The van der Waals surface area contributed by atoms with Gasteiger partial charge in [-0.3, -0.25) is 9.59 Å². The lowest BCUT2D eigenvalue weighted by atomic mass is 10.0. The smallest absolute Gasteiger partial charge is 0.360 e. The third-order valence-corrected chi connectivity index (χ3v) is 2.06. The van der Waals surface area contributed by atoms with Gasteiger partial charge >= 0.3 is 5.97 Å². The van der Waals surface area contributed by atoms with E-state index in [1.807, 2.05) is 0 Å². The summed E-state index contributed by atoms with van der Waals surface area (Å²) < 4.78 is 0. The topological polar surface area (TPSA) is 107 Å². The molecule has 6 heteroatoms. The Hall–Kier alpha value is -2.21. The highest BCUT2D eigenvalue weighted by atomic mass is 16.7. The van der Waals surface area contributed by atoms with Gasteiger partial charge in [0.05, 0.1) is 6.42 Å². The normalized spacial score (nSPS) is 9.76. The number of ketones is 2. The van der Waals surface area contributed by atoms with Crippen LogP contribution in [0, 0.1) is 0 Å². The molecule has 0 radical (unpaired) electrons. The number of hydrogen-bond acceptors (Lipinski definition) is 6. The Bertz CT molecular complexity index is 481. The number of Topliss-reactive ketones (excluding diaryl/α,β-unsaturated/α-hetero) is 2. The van der Waals surface area contributed by atoms with Gasteiger partial charge in [0, 0.05) is 5.56 Å².